The third kappa shape index (κ3) is 2.96. The van der Waals surface area contributed by atoms with Crippen LogP contribution in [0.1, 0.15) is 5.56 Å². The zero-order chi connectivity index (χ0) is 14.7. The van der Waals surface area contributed by atoms with Gasteiger partial charge in [-0.15, -0.1) is 0 Å². The predicted octanol–water partition coefficient (Wildman–Crippen LogP) is 2.00. The van der Waals surface area contributed by atoms with Crippen LogP contribution >= 0.6 is 0 Å². The van der Waals surface area contributed by atoms with Gasteiger partial charge in [-0.3, -0.25) is 0 Å². The lowest BCUT2D eigenvalue weighted by Gasteiger charge is -2.27. The van der Waals surface area contributed by atoms with Crippen molar-refractivity contribution in [1.82, 2.24) is 10.2 Å². The summed E-state index contributed by atoms with van der Waals surface area (Å²) in [6.07, 6.45) is 0.874. The van der Waals surface area contributed by atoms with Crippen LogP contribution in [0.25, 0.3) is 10.8 Å². The zero-order valence-corrected chi connectivity index (χ0v) is 12.4. The maximum absolute atomic E-state index is 10.5. The number of hydrogen-bond acceptors (Lipinski definition) is 4. The van der Waals surface area contributed by atoms with Crippen molar-refractivity contribution in [1.29, 1.82) is 0 Å². The van der Waals surface area contributed by atoms with Crippen LogP contribution in [0.4, 0.5) is 0 Å². The van der Waals surface area contributed by atoms with E-state index < -0.39 is 0 Å². The normalized spacial score (nSPS) is 16.2. The Morgan fingerprint density at radius 2 is 1.95 bits per heavy atom. The number of fused-ring (bicyclic) bond motifs is 1. The van der Waals surface area contributed by atoms with Crippen LogP contribution in [0.5, 0.6) is 11.5 Å². The van der Waals surface area contributed by atoms with Crippen LogP contribution in [0.3, 0.4) is 0 Å². The number of nitrogens with one attached hydrogen (secondary N) is 1. The molecule has 1 fully saturated rings. The van der Waals surface area contributed by atoms with Crippen LogP contribution in [0.15, 0.2) is 30.3 Å². The number of rotatable bonds is 4. The minimum absolute atomic E-state index is 0.390. The highest BCUT2D eigenvalue weighted by Gasteiger charge is 2.13. The Labute approximate surface area is 125 Å². The molecule has 0 aliphatic carbocycles. The van der Waals surface area contributed by atoms with Gasteiger partial charge in [0.25, 0.3) is 0 Å². The largest absolute Gasteiger partial charge is 0.507 e. The van der Waals surface area contributed by atoms with Gasteiger partial charge in [0.2, 0.25) is 0 Å². The number of hydrogen-bond donors (Lipinski definition) is 2. The summed E-state index contributed by atoms with van der Waals surface area (Å²) < 4.78 is 5.35. The molecule has 4 heteroatoms. The standard InChI is InChI=1S/C17H22N2O2/c1-21-16-4-2-3-15-14(16)6-5-13(17(15)20)7-10-19-11-8-18-9-12-19/h2-6,18,20H,7-12H2,1H3. The van der Waals surface area contributed by atoms with Crippen molar-refractivity contribution >= 4 is 10.8 Å². The molecule has 1 aliphatic rings. The smallest absolute Gasteiger partial charge is 0.126 e. The molecule has 0 amide bonds. The first-order valence-electron chi connectivity index (χ1n) is 7.50. The number of benzene rings is 2. The number of nitrogens with zero attached hydrogens (tertiary/aromatic N) is 1. The highest BCUT2D eigenvalue weighted by Crippen LogP contribution is 2.34. The van der Waals surface area contributed by atoms with Gasteiger partial charge in [-0.1, -0.05) is 24.3 Å². The minimum atomic E-state index is 0.390. The van der Waals surface area contributed by atoms with Gasteiger partial charge in [0, 0.05) is 43.5 Å². The summed E-state index contributed by atoms with van der Waals surface area (Å²) in [5, 5.41) is 15.7. The Balaban J connectivity index is 1.81. The Morgan fingerprint density at radius 1 is 1.14 bits per heavy atom. The number of aromatic hydroxyl groups is 1. The third-order valence-corrected chi connectivity index (χ3v) is 4.20. The van der Waals surface area contributed by atoms with Crippen LogP contribution in [0, 0.1) is 0 Å². The first kappa shape index (κ1) is 14.2. The van der Waals surface area contributed by atoms with Crippen molar-refractivity contribution in [3.05, 3.63) is 35.9 Å². The maximum Gasteiger partial charge on any atom is 0.126 e. The van der Waals surface area contributed by atoms with Crippen molar-refractivity contribution in [3.63, 3.8) is 0 Å². The van der Waals surface area contributed by atoms with Gasteiger partial charge >= 0.3 is 0 Å². The summed E-state index contributed by atoms with van der Waals surface area (Å²) >= 11 is 0. The monoisotopic (exact) mass is 286 g/mol. The van der Waals surface area contributed by atoms with Gasteiger partial charge in [-0.25, -0.2) is 0 Å². The van der Waals surface area contributed by atoms with E-state index in [0.29, 0.717) is 5.75 Å². The molecule has 2 N–H and O–H groups in total. The molecular weight excluding hydrogens is 264 g/mol. The van der Waals surface area contributed by atoms with Crippen LogP contribution in [-0.4, -0.2) is 49.8 Å². The summed E-state index contributed by atoms with van der Waals surface area (Å²) in [5.41, 5.74) is 1.01. The van der Waals surface area contributed by atoms with E-state index >= 15 is 0 Å². The molecule has 0 bridgehead atoms. The van der Waals surface area contributed by atoms with E-state index in [1.54, 1.807) is 7.11 Å². The SMILES string of the molecule is COc1cccc2c(O)c(CCN3CCNCC3)ccc12. The van der Waals surface area contributed by atoms with Gasteiger partial charge < -0.3 is 20.1 Å². The van der Waals surface area contributed by atoms with Crippen molar-refractivity contribution in [3.8, 4) is 11.5 Å². The second-order valence-electron chi connectivity index (χ2n) is 5.47. The van der Waals surface area contributed by atoms with Crippen molar-refractivity contribution in [2.45, 2.75) is 6.42 Å². The summed E-state index contributed by atoms with van der Waals surface area (Å²) in [6.45, 7) is 5.27. The van der Waals surface area contributed by atoms with Crippen molar-refractivity contribution in [2.24, 2.45) is 0 Å². The average molecular weight is 286 g/mol. The molecule has 2 aromatic rings. The molecule has 0 radical (unpaired) electrons. The van der Waals surface area contributed by atoms with Gasteiger partial charge in [0.1, 0.15) is 11.5 Å². The molecule has 1 heterocycles. The zero-order valence-electron chi connectivity index (χ0n) is 12.4. The molecule has 0 unspecified atom stereocenters. The molecule has 4 nitrogen and oxygen atoms in total. The molecule has 21 heavy (non-hydrogen) atoms. The summed E-state index contributed by atoms with van der Waals surface area (Å²) in [5.74, 6) is 1.19. The van der Waals surface area contributed by atoms with E-state index in [9.17, 15) is 5.11 Å². The summed E-state index contributed by atoms with van der Waals surface area (Å²) in [6, 6.07) is 9.84. The lowest BCUT2D eigenvalue weighted by Crippen LogP contribution is -2.44. The fourth-order valence-corrected chi connectivity index (χ4v) is 2.95. The molecule has 0 spiro atoms. The average Bonchev–Trinajstić information content (AvgIpc) is 2.55. The van der Waals surface area contributed by atoms with E-state index in [1.807, 2.05) is 30.3 Å². The second-order valence-corrected chi connectivity index (χ2v) is 5.47. The third-order valence-electron chi connectivity index (χ3n) is 4.20. The Morgan fingerprint density at radius 3 is 2.71 bits per heavy atom. The lowest BCUT2D eigenvalue weighted by molar-refractivity contribution is 0.243. The van der Waals surface area contributed by atoms with Crippen LogP contribution in [-0.2, 0) is 6.42 Å². The van der Waals surface area contributed by atoms with Crippen LogP contribution < -0.4 is 10.1 Å². The van der Waals surface area contributed by atoms with Gasteiger partial charge in [-0.2, -0.15) is 0 Å². The van der Waals surface area contributed by atoms with Gasteiger partial charge in [0.15, 0.2) is 0 Å². The number of phenolic OH excluding ortho intramolecular Hbond substituents is 1. The molecule has 2 aromatic carbocycles. The van der Waals surface area contributed by atoms with E-state index in [4.69, 9.17) is 4.74 Å². The highest BCUT2D eigenvalue weighted by atomic mass is 16.5. The Kier molecular flexibility index (Phi) is 4.27. The number of methoxy groups -OCH3 is 1. The first-order chi connectivity index (χ1) is 10.3. The van der Waals surface area contributed by atoms with Crippen molar-refractivity contribution < 1.29 is 9.84 Å². The molecule has 0 saturated carbocycles. The molecular formula is C17H22N2O2. The molecule has 1 saturated heterocycles. The molecule has 1 aliphatic heterocycles. The molecule has 0 aromatic heterocycles. The molecule has 0 atom stereocenters. The fourth-order valence-electron chi connectivity index (χ4n) is 2.95. The van der Waals surface area contributed by atoms with Gasteiger partial charge in [-0.05, 0) is 18.1 Å². The maximum atomic E-state index is 10.5. The second kappa shape index (κ2) is 6.33. The molecule has 112 valence electrons. The van der Waals surface area contributed by atoms with E-state index in [0.717, 1.165) is 61.2 Å². The predicted molar refractivity (Wildman–Crippen MR) is 85.2 cm³/mol. The topological polar surface area (TPSA) is 44.7 Å². The quantitative estimate of drug-likeness (QED) is 0.902. The molecule has 3 rings (SSSR count). The first-order valence-corrected chi connectivity index (χ1v) is 7.50. The Bertz CT molecular complexity index is 621. The van der Waals surface area contributed by atoms with Crippen molar-refractivity contribution in [2.75, 3.05) is 39.8 Å². The lowest BCUT2D eigenvalue weighted by atomic mass is 10.0. The van der Waals surface area contributed by atoms with E-state index in [-0.39, 0.29) is 0 Å². The minimum Gasteiger partial charge on any atom is -0.507 e. The summed E-state index contributed by atoms with van der Waals surface area (Å²) in [4.78, 5) is 2.44. The number of ether oxygens (including phenoxy) is 1. The summed E-state index contributed by atoms with van der Waals surface area (Å²) in [7, 11) is 1.66. The van der Waals surface area contributed by atoms with Crippen LogP contribution in [0.2, 0.25) is 0 Å². The number of phenols is 1. The fraction of sp³-hybridized carbons (Fsp3) is 0.412. The highest BCUT2D eigenvalue weighted by molar-refractivity contribution is 5.93. The Hall–Kier alpha value is -1.78. The number of piperazine rings is 1. The van der Waals surface area contributed by atoms with E-state index in [2.05, 4.69) is 10.2 Å². The van der Waals surface area contributed by atoms with Gasteiger partial charge in [0.05, 0.1) is 7.11 Å². The van der Waals surface area contributed by atoms with E-state index in [1.165, 1.54) is 0 Å².